The van der Waals surface area contributed by atoms with E-state index >= 15 is 0 Å². The van der Waals surface area contributed by atoms with Gasteiger partial charge in [0.1, 0.15) is 5.82 Å². The Bertz CT molecular complexity index is 559. The molecule has 0 bridgehead atoms. The van der Waals surface area contributed by atoms with E-state index in [2.05, 4.69) is 22.6 Å². The maximum Gasteiger partial charge on any atom is 0.141 e. The molecule has 0 saturated heterocycles. The van der Waals surface area contributed by atoms with Gasteiger partial charge in [0.25, 0.3) is 0 Å². The number of hydrogen-bond donors (Lipinski definition) is 1. The molecule has 0 amide bonds. The van der Waals surface area contributed by atoms with Crippen LogP contribution in [0.4, 0.5) is 4.39 Å². The van der Waals surface area contributed by atoms with Crippen LogP contribution in [-0.2, 0) is 6.42 Å². The van der Waals surface area contributed by atoms with Crippen molar-refractivity contribution in [2.24, 2.45) is 0 Å². The molecule has 1 nitrogen and oxygen atoms in total. The minimum Gasteiger partial charge on any atom is -0.388 e. The van der Waals surface area contributed by atoms with Crippen molar-refractivity contribution in [1.29, 1.82) is 0 Å². The Morgan fingerprint density at radius 3 is 2.61 bits per heavy atom. The van der Waals surface area contributed by atoms with Crippen LogP contribution in [0.1, 0.15) is 17.2 Å². The van der Waals surface area contributed by atoms with Crippen LogP contribution < -0.4 is 0 Å². The summed E-state index contributed by atoms with van der Waals surface area (Å²) in [6.45, 7) is 0. The predicted octanol–water partition coefficient (Wildman–Crippen LogP) is 4.36. The van der Waals surface area contributed by atoms with Crippen molar-refractivity contribution in [2.75, 3.05) is 0 Å². The lowest BCUT2D eigenvalue weighted by molar-refractivity contribution is 0.177. The predicted molar refractivity (Wildman–Crippen MR) is 79.2 cm³/mol. The molecule has 94 valence electrons. The van der Waals surface area contributed by atoms with Gasteiger partial charge in [0, 0.05) is 9.99 Å². The number of aliphatic hydroxyl groups excluding tert-OH is 1. The van der Waals surface area contributed by atoms with E-state index in [1.54, 1.807) is 12.1 Å². The Kier molecular flexibility index (Phi) is 4.59. The molecule has 2 aromatic rings. The highest BCUT2D eigenvalue weighted by Crippen LogP contribution is 2.25. The van der Waals surface area contributed by atoms with Gasteiger partial charge in [-0.1, -0.05) is 35.9 Å². The molecule has 2 rings (SSSR count). The van der Waals surface area contributed by atoms with Crippen molar-refractivity contribution in [2.45, 2.75) is 12.5 Å². The summed E-state index contributed by atoms with van der Waals surface area (Å²) in [6.07, 6.45) is -0.195. The molecule has 18 heavy (non-hydrogen) atoms. The Balaban J connectivity index is 2.19. The van der Waals surface area contributed by atoms with E-state index in [1.807, 2.05) is 24.3 Å². The first-order valence-corrected chi connectivity index (χ1v) is 6.90. The maximum absolute atomic E-state index is 13.0. The molecule has 1 N–H and O–H groups in total. The number of halogens is 3. The average molecular weight is 377 g/mol. The SMILES string of the molecule is OC(Cc1ccc(F)c(Cl)c1)c1ccccc1I. The zero-order chi connectivity index (χ0) is 13.1. The fourth-order valence-corrected chi connectivity index (χ4v) is 2.70. The van der Waals surface area contributed by atoms with Gasteiger partial charge in [0.2, 0.25) is 0 Å². The average Bonchev–Trinajstić information content (AvgIpc) is 2.34. The summed E-state index contributed by atoms with van der Waals surface area (Å²) in [6, 6.07) is 12.1. The molecule has 2 aromatic carbocycles. The van der Waals surface area contributed by atoms with Gasteiger partial charge < -0.3 is 5.11 Å². The van der Waals surface area contributed by atoms with Gasteiger partial charge in [-0.05, 0) is 51.9 Å². The lowest BCUT2D eigenvalue weighted by atomic mass is 10.0. The number of aliphatic hydroxyl groups is 1. The molecule has 0 aliphatic heterocycles. The van der Waals surface area contributed by atoms with Crippen LogP contribution in [0.3, 0.4) is 0 Å². The summed E-state index contributed by atoms with van der Waals surface area (Å²) in [5.41, 5.74) is 1.69. The molecule has 0 spiro atoms. The van der Waals surface area contributed by atoms with Crippen molar-refractivity contribution in [3.8, 4) is 0 Å². The van der Waals surface area contributed by atoms with Crippen LogP contribution in [0, 0.1) is 9.39 Å². The summed E-state index contributed by atoms with van der Waals surface area (Å²) < 4.78 is 14.0. The molecule has 0 aliphatic carbocycles. The molecule has 4 heteroatoms. The fourth-order valence-electron chi connectivity index (χ4n) is 1.75. The largest absolute Gasteiger partial charge is 0.388 e. The molecule has 1 unspecified atom stereocenters. The highest BCUT2D eigenvalue weighted by Gasteiger charge is 2.12. The van der Waals surface area contributed by atoms with Gasteiger partial charge >= 0.3 is 0 Å². The molecule has 1 atom stereocenters. The first kappa shape index (κ1) is 13.8. The number of rotatable bonds is 3. The lowest BCUT2D eigenvalue weighted by Crippen LogP contribution is -2.03. The van der Waals surface area contributed by atoms with Crippen molar-refractivity contribution >= 4 is 34.2 Å². The zero-order valence-electron chi connectivity index (χ0n) is 9.41. The Hall–Kier alpha value is -0.650. The normalized spacial score (nSPS) is 12.4. The Morgan fingerprint density at radius 1 is 1.22 bits per heavy atom. The van der Waals surface area contributed by atoms with Gasteiger partial charge in [-0.3, -0.25) is 0 Å². The van der Waals surface area contributed by atoms with E-state index < -0.39 is 11.9 Å². The second kappa shape index (κ2) is 5.99. The molecule has 0 saturated carbocycles. The Morgan fingerprint density at radius 2 is 1.94 bits per heavy atom. The fraction of sp³-hybridized carbons (Fsp3) is 0.143. The monoisotopic (exact) mass is 376 g/mol. The Labute approximate surface area is 124 Å². The summed E-state index contributed by atoms with van der Waals surface area (Å²) in [4.78, 5) is 0. The van der Waals surface area contributed by atoms with Crippen LogP contribution in [-0.4, -0.2) is 5.11 Å². The smallest absolute Gasteiger partial charge is 0.141 e. The highest BCUT2D eigenvalue weighted by molar-refractivity contribution is 14.1. The summed E-state index contributed by atoms with van der Waals surface area (Å²) >= 11 is 7.90. The minimum atomic E-state index is -0.611. The zero-order valence-corrected chi connectivity index (χ0v) is 12.3. The van der Waals surface area contributed by atoms with Gasteiger partial charge in [-0.15, -0.1) is 0 Å². The van der Waals surface area contributed by atoms with E-state index in [4.69, 9.17) is 11.6 Å². The summed E-state index contributed by atoms with van der Waals surface area (Å²) in [5, 5.41) is 10.3. The van der Waals surface area contributed by atoms with Crippen molar-refractivity contribution in [3.63, 3.8) is 0 Å². The molecule has 0 heterocycles. The van der Waals surface area contributed by atoms with Gasteiger partial charge in [-0.2, -0.15) is 0 Å². The third-order valence-electron chi connectivity index (χ3n) is 2.68. The summed E-state index contributed by atoms with van der Waals surface area (Å²) in [5.74, 6) is -0.441. The van der Waals surface area contributed by atoms with Crippen LogP contribution >= 0.6 is 34.2 Å². The van der Waals surface area contributed by atoms with E-state index in [-0.39, 0.29) is 5.02 Å². The van der Waals surface area contributed by atoms with Crippen molar-refractivity contribution in [1.82, 2.24) is 0 Å². The van der Waals surface area contributed by atoms with Crippen LogP contribution in [0.5, 0.6) is 0 Å². The van der Waals surface area contributed by atoms with E-state index in [9.17, 15) is 9.50 Å². The topological polar surface area (TPSA) is 20.2 Å². The third kappa shape index (κ3) is 3.22. The quantitative estimate of drug-likeness (QED) is 0.789. The number of benzene rings is 2. The van der Waals surface area contributed by atoms with Gasteiger partial charge in [0.15, 0.2) is 0 Å². The molecule has 0 aliphatic rings. The lowest BCUT2D eigenvalue weighted by Gasteiger charge is -2.13. The van der Waals surface area contributed by atoms with Crippen LogP contribution in [0.2, 0.25) is 5.02 Å². The first-order valence-electron chi connectivity index (χ1n) is 5.44. The van der Waals surface area contributed by atoms with E-state index in [0.29, 0.717) is 6.42 Å². The molecular weight excluding hydrogens is 366 g/mol. The molecule has 0 aromatic heterocycles. The van der Waals surface area contributed by atoms with Gasteiger partial charge in [-0.25, -0.2) is 4.39 Å². The van der Waals surface area contributed by atoms with E-state index in [0.717, 1.165) is 14.7 Å². The molecule has 0 radical (unpaired) electrons. The van der Waals surface area contributed by atoms with Crippen molar-refractivity contribution in [3.05, 3.63) is 68.0 Å². The second-order valence-corrected chi connectivity index (χ2v) is 5.56. The van der Waals surface area contributed by atoms with Crippen LogP contribution in [0.15, 0.2) is 42.5 Å². The van der Waals surface area contributed by atoms with Crippen LogP contribution in [0.25, 0.3) is 0 Å². The summed E-state index contributed by atoms with van der Waals surface area (Å²) in [7, 11) is 0. The number of hydrogen-bond acceptors (Lipinski definition) is 1. The third-order valence-corrected chi connectivity index (χ3v) is 3.95. The minimum absolute atomic E-state index is 0.0856. The van der Waals surface area contributed by atoms with Crippen molar-refractivity contribution < 1.29 is 9.50 Å². The standard InChI is InChI=1S/C14H11ClFIO/c15-11-7-9(5-6-12(11)16)8-14(18)10-3-1-2-4-13(10)17/h1-7,14,18H,8H2. The maximum atomic E-state index is 13.0. The highest BCUT2D eigenvalue weighted by atomic mass is 127. The molecular formula is C14H11ClFIO. The second-order valence-electron chi connectivity index (χ2n) is 3.99. The molecule has 0 fully saturated rings. The van der Waals surface area contributed by atoms with E-state index in [1.165, 1.54) is 6.07 Å². The first-order chi connectivity index (χ1) is 8.58. The van der Waals surface area contributed by atoms with Gasteiger partial charge in [0.05, 0.1) is 11.1 Å².